The fourth-order valence-electron chi connectivity index (χ4n) is 2.30. The zero-order chi connectivity index (χ0) is 18.9. The van der Waals surface area contributed by atoms with Gasteiger partial charge in [-0.25, -0.2) is 4.39 Å². The van der Waals surface area contributed by atoms with Gasteiger partial charge in [-0.3, -0.25) is 9.79 Å². The van der Waals surface area contributed by atoms with E-state index in [-0.39, 0.29) is 18.1 Å². The van der Waals surface area contributed by atoms with Gasteiger partial charge in [-0.2, -0.15) is 0 Å². The van der Waals surface area contributed by atoms with Crippen LogP contribution in [-0.4, -0.2) is 25.5 Å². The molecule has 7 heteroatoms. The number of guanidine groups is 1. The highest BCUT2D eigenvalue weighted by molar-refractivity contribution is 6.31. The molecular weight excluding hydrogens is 355 g/mol. The Bertz CT molecular complexity index is 795. The van der Waals surface area contributed by atoms with E-state index in [1.165, 1.54) is 12.1 Å². The molecule has 0 saturated heterocycles. The molecule has 0 bridgehead atoms. The van der Waals surface area contributed by atoms with E-state index in [0.717, 1.165) is 11.1 Å². The summed E-state index contributed by atoms with van der Waals surface area (Å²) >= 11 is 6.05. The van der Waals surface area contributed by atoms with Crippen molar-refractivity contribution in [1.29, 1.82) is 0 Å². The summed E-state index contributed by atoms with van der Waals surface area (Å²) in [5.74, 6) is 0.143. The molecule has 0 unspecified atom stereocenters. The van der Waals surface area contributed by atoms with Crippen molar-refractivity contribution >= 4 is 29.2 Å². The summed E-state index contributed by atoms with van der Waals surface area (Å²) in [6.07, 6.45) is 0.270. The number of nitrogens with zero attached hydrogens (tertiary/aromatic N) is 1. The highest BCUT2D eigenvalue weighted by Crippen LogP contribution is 2.22. The van der Waals surface area contributed by atoms with Crippen LogP contribution in [0.1, 0.15) is 17.5 Å². The summed E-state index contributed by atoms with van der Waals surface area (Å²) in [7, 11) is 1.64. The summed E-state index contributed by atoms with van der Waals surface area (Å²) < 4.78 is 13.2. The van der Waals surface area contributed by atoms with Crippen molar-refractivity contribution in [3.05, 3.63) is 64.4 Å². The molecule has 0 spiro atoms. The number of aliphatic imine (C=N–C) groups is 1. The molecule has 3 N–H and O–H groups in total. The summed E-state index contributed by atoms with van der Waals surface area (Å²) in [5.41, 5.74) is 2.35. The van der Waals surface area contributed by atoms with Gasteiger partial charge in [0.05, 0.1) is 0 Å². The fourth-order valence-corrected chi connectivity index (χ4v) is 2.48. The third-order valence-corrected chi connectivity index (χ3v) is 4.17. The number of halogens is 2. The number of anilines is 1. The van der Waals surface area contributed by atoms with Crippen molar-refractivity contribution in [2.75, 3.05) is 18.9 Å². The van der Waals surface area contributed by atoms with E-state index in [0.29, 0.717) is 29.8 Å². The van der Waals surface area contributed by atoms with Crippen LogP contribution in [-0.2, 0) is 11.3 Å². The molecule has 0 aliphatic rings. The highest BCUT2D eigenvalue weighted by atomic mass is 35.5. The zero-order valence-electron chi connectivity index (χ0n) is 14.8. The molecule has 0 radical (unpaired) electrons. The Kier molecular flexibility index (Phi) is 7.41. The van der Waals surface area contributed by atoms with Gasteiger partial charge in [-0.15, -0.1) is 0 Å². The molecule has 0 heterocycles. The maximum atomic E-state index is 13.2. The molecule has 2 aromatic rings. The maximum absolute atomic E-state index is 13.2. The number of rotatable bonds is 6. The first kappa shape index (κ1) is 19.7. The van der Waals surface area contributed by atoms with Gasteiger partial charge in [-0.05, 0) is 42.3 Å². The molecule has 0 atom stereocenters. The van der Waals surface area contributed by atoms with E-state index in [2.05, 4.69) is 20.9 Å². The van der Waals surface area contributed by atoms with Crippen LogP contribution < -0.4 is 16.0 Å². The molecule has 2 aromatic carbocycles. The van der Waals surface area contributed by atoms with Crippen molar-refractivity contribution in [2.24, 2.45) is 4.99 Å². The van der Waals surface area contributed by atoms with E-state index in [1.54, 1.807) is 25.2 Å². The fraction of sp³-hybridized carbons (Fsp3) is 0.263. The van der Waals surface area contributed by atoms with Crippen molar-refractivity contribution < 1.29 is 9.18 Å². The first-order valence-corrected chi connectivity index (χ1v) is 8.61. The summed E-state index contributed by atoms with van der Waals surface area (Å²) in [4.78, 5) is 16.2. The third-order valence-electron chi connectivity index (χ3n) is 3.76. The Morgan fingerprint density at radius 3 is 2.69 bits per heavy atom. The second-order valence-corrected chi connectivity index (χ2v) is 6.10. The predicted molar refractivity (Wildman–Crippen MR) is 104 cm³/mol. The number of carbonyl (C=O) groups excluding carboxylic acids is 1. The monoisotopic (exact) mass is 376 g/mol. The van der Waals surface area contributed by atoms with Gasteiger partial charge >= 0.3 is 0 Å². The Morgan fingerprint density at radius 1 is 1.19 bits per heavy atom. The van der Waals surface area contributed by atoms with Gasteiger partial charge in [0.15, 0.2) is 5.96 Å². The predicted octanol–water partition coefficient (Wildman–Crippen LogP) is 3.48. The van der Waals surface area contributed by atoms with Crippen molar-refractivity contribution in [3.8, 4) is 0 Å². The molecule has 26 heavy (non-hydrogen) atoms. The van der Waals surface area contributed by atoms with Crippen LogP contribution in [0, 0.1) is 12.7 Å². The average Bonchev–Trinajstić information content (AvgIpc) is 2.62. The van der Waals surface area contributed by atoms with Crippen molar-refractivity contribution in [3.63, 3.8) is 0 Å². The number of hydrogen-bond acceptors (Lipinski definition) is 2. The topological polar surface area (TPSA) is 65.5 Å². The summed E-state index contributed by atoms with van der Waals surface area (Å²) in [5, 5.41) is 9.59. The van der Waals surface area contributed by atoms with E-state index < -0.39 is 0 Å². The molecule has 5 nitrogen and oxygen atoms in total. The van der Waals surface area contributed by atoms with Crippen molar-refractivity contribution in [2.45, 2.75) is 19.9 Å². The standard InChI is InChI=1S/C19H22ClFN4O/c1-13-16(20)7-4-8-17(13)25-18(26)9-10-23-19(22-2)24-12-14-5-3-6-15(21)11-14/h3-8,11H,9-10,12H2,1-2H3,(H,25,26)(H2,22,23,24). The Hall–Kier alpha value is -2.60. The van der Waals surface area contributed by atoms with Crippen LogP contribution in [0.5, 0.6) is 0 Å². The Balaban J connectivity index is 1.76. The Morgan fingerprint density at radius 2 is 1.96 bits per heavy atom. The van der Waals surface area contributed by atoms with E-state index in [4.69, 9.17) is 11.6 Å². The minimum Gasteiger partial charge on any atom is -0.356 e. The van der Waals surface area contributed by atoms with Gasteiger partial charge in [0.1, 0.15) is 5.82 Å². The lowest BCUT2D eigenvalue weighted by molar-refractivity contribution is -0.116. The average molecular weight is 377 g/mol. The van der Waals surface area contributed by atoms with Crippen LogP contribution in [0.25, 0.3) is 0 Å². The second-order valence-electron chi connectivity index (χ2n) is 5.69. The van der Waals surface area contributed by atoms with Gasteiger partial charge in [0.2, 0.25) is 5.91 Å². The van der Waals surface area contributed by atoms with Gasteiger partial charge in [0.25, 0.3) is 0 Å². The van der Waals surface area contributed by atoms with Crippen molar-refractivity contribution in [1.82, 2.24) is 10.6 Å². The minimum atomic E-state index is -0.278. The van der Waals surface area contributed by atoms with E-state index >= 15 is 0 Å². The van der Waals surface area contributed by atoms with Crippen LogP contribution >= 0.6 is 11.6 Å². The summed E-state index contributed by atoms with van der Waals surface area (Å²) in [6.45, 7) is 2.70. The van der Waals surface area contributed by atoms with Gasteiger partial charge in [0, 0.05) is 37.3 Å². The van der Waals surface area contributed by atoms with Crippen LogP contribution in [0.15, 0.2) is 47.5 Å². The second kappa shape index (κ2) is 9.77. The maximum Gasteiger partial charge on any atom is 0.226 e. The molecule has 0 fully saturated rings. The molecule has 1 amide bonds. The van der Waals surface area contributed by atoms with Crippen LogP contribution in [0.2, 0.25) is 5.02 Å². The summed E-state index contributed by atoms with van der Waals surface area (Å²) in [6, 6.07) is 11.7. The number of nitrogens with one attached hydrogen (secondary N) is 3. The van der Waals surface area contributed by atoms with Crippen LogP contribution in [0.4, 0.5) is 10.1 Å². The normalized spacial score (nSPS) is 11.2. The number of carbonyl (C=O) groups is 1. The van der Waals surface area contributed by atoms with Gasteiger partial charge < -0.3 is 16.0 Å². The Labute approximate surface area is 157 Å². The minimum absolute atomic E-state index is 0.122. The lowest BCUT2D eigenvalue weighted by Crippen LogP contribution is -2.38. The molecule has 2 rings (SSSR count). The number of amides is 1. The number of hydrogen-bond donors (Lipinski definition) is 3. The quantitative estimate of drug-likeness (QED) is 0.534. The van der Waals surface area contributed by atoms with Gasteiger partial charge in [-0.1, -0.05) is 29.8 Å². The molecule has 0 aliphatic heterocycles. The highest BCUT2D eigenvalue weighted by Gasteiger charge is 2.07. The van der Waals surface area contributed by atoms with E-state index in [1.807, 2.05) is 19.1 Å². The smallest absolute Gasteiger partial charge is 0.226 e. The number of benzene rings is 2. The lowest BCUT2D eigenvalue weighted by atomic mass is 10.2. The molecule has 138 valence electrons. The van der Waals surface area contributed by atoms with Crippen LogP contribution in [0.3, 0.4) is 0 Å². The molecule has 0 saturated carbocycles. The zero-order valence-corrected chi connectivity index (χ0v) is 15.5. The molecule has 0 aliphatic carbocycles. The first-order chi connectivity index (χ1) is 12.5. The van der Waals surface area contributed by atoms with E-state index in [9.17, 15) is 9.18 Å². The largest absolute Gasteiger partial charge is 0.356 e. The first-order valence-electron chi connectivity index (χ1n) is 8.23. The SMILES string of the molecule is CN=C(NCCC(=O)Nc1cccc(Cl)c1C)NCc1cccc(F)c1. The molecular formula is C19H22ClFN4O. The third kappa shape index (κ3) is 6.04. The molecule has 0 aromatic heterocycles. The lowest BCUT2D eigenvalue weighted by Gasteiger charge is -2.13.